The van der Waals surface area contributed by atoms with Gasteiger partial charge in [0.25, 0.3) is 0 Å². The van der Waals surface area contributed by atoms with Crippen LogP contribution in [0.4, 0.5) is 13.2 Å². The smallest absolute Gasteiger partial charge is 0.327 e. The molecule has 0 saturated carbocycles. The number of hydrogen-bond acceptors (Lipinski definition) is 2. The average Bonchev–Trinajstić information content (AvgIpc) is 2.15. The summed E-state index contributed by atoms with van der Waals surface area (Å²) in [4.78, 5) is 3.59. The lowest BCUT2D eigenvalue weighted by Crippen LogP contribution is -2.37. The molecule has 1 unspecified atom stereocenters. The first-order chi connectivity index (χ1) is 7.60. The highest BCUT2D eigenvalue weighted by Gasteiger charge is 2.32. The zero-order valence-corrected chi connectivity index (χ0v) is 10.2. The van der Waals surface area contributed by atoms with Crippen molar-refractivity contribution in [3.63, 3.8) is 0 Å². The summed E-state index contributed by atoms with van der Waals surface area (Å²) in [5.74, 6) is 0. The van der Waals surface area contributed by atoms with Crippen LogP contribution in [0, 0.1) is 5.41 Å². The van der Waals surface area contributed by atoms with Crippen LogP contribution in [0.1, 0.15) is 32.2 Å². The fraction of sp³-hybridized carbons (Fsp3) is 0.583. The first-order valence-electron chi connectivity index (χ1n) is 5.39. The third-order valence-corrected chi connectivity index (χ3v) is 2.64. The third-order valence-electron chi connectivity index (χ3n) is 2.64. The highest BCUT2D eigenvalue weighted by Crippen LogP contribution is 2.28. The largest absolute Gasteiger partial charge is 0.433 e. The number of halogens is 3. The zero-order chi connectivity index (χ0) is 13.3. The fourth-order valence-electron chi connectivity index (χ4n) is 1.28. The molecule has 0 bridgehead atoms. The Morgan fingerprint density at radius 3 is 2.29 bits per heavy atom. The molecule has 1 atom stereocenters. The normalized spacial score (nSPS) is 14.8. The first kappa shape index (κ1) is 14.0. The number of pyridine rings is 1. The van der Waals surface area contributed by atoms with Crippen LogP contribution in [-0.2, 0) is 12.6 Å². The van der Waals surface area contributed by atoms with E-state index in [0.29, 0.717) is 12.1 Å². The second-order valence-corrected chi connectivity index (χ2v) is 5.19. The van der Waals surface area contributed by atoms with Crippen LogP contribution in [0.3, 0.4) is 0 Å². The highest BCUT2D eigenvalue weighted by molar-refractivity contribution is 5.14. The van der Waals surface area contributed by atoms with E-state index in [2.05, 4.69) is 4.98 Å². The Bertz CT molecular complexity index is 380. The van der Waals surface area contributed by atoms with Gasteiger partial charge in [-0.05, 0) is 17.5 Å². The minimum Gasteiger partial charge on any atom is -0.327 e. The summed E-state index contributed by atoms with van der Waals surface area (Å²) in [6, 6.07) is 3.67. The number of alkyl halides is 3. The van der Waals surface area contributed by atoms with Crippen molar-refractivity contribution in [3.8, 4) is 0 Å². The summed E-state index contributed by atoms with van der Waals surface area (Å²) in [6.07, 6.45) is -4.06. The Morgan fingerprint density at radius 1 is 1.24 bits per heavy atom. The van der Waals surface area contributed by atoms with Gasteiger partial charge in [0.05, 0.1) is 0 Å². The maximum atomic E-state index is 12.4. The van der Waals surface area contributed by atoms with Gasteiger partial charge in [0.1, 0.15) is 5.69 Å². The van der Waals surface area contributed by atoms with Gasteiger partial charge in [0, 0.05) is 18.2 Å². The summed E-state index contributed by atoms with van der Waals surface area (Å²) in [6.45, 7) is 5.85. The van der Waals surface area contributed by atoms with Crippen molar-refractivity contribution < 1.29 is 13.2 Å². The average molecular weight is 246 g/mol. The van der Waals surface area contributed by atoms with Crippen molar-refractivity contribution in [2.75, 3.05) is 0 Å². The molecule has 1 aromatic rings. The van der Waals surface area contributed by atoms with Crippen molar-refractivity contribution in [3.05, 3.63) is 29.6 Å². The number of hydrogen-bond donors (Lipinski definition) is 1. The second-order valence-electron chi connectivity index (χ2n) is 5.19. The second kappa shape index (κ2) is 4.64. The van der Waals surface area contributed by atoms with Crippen LogP contribution < -0.4 is 5.73 Å². The minimum atomic E-state index is -4.40. The molecule has 1 rings (SSSR count). The molecule has 0 amide bonds. The fourth-order valence-corrected chi connectivity index (χ4v) is 1.28. The highest BCUT2D eigenvalue weighted by atomic mass is 19.4. The van der Waals surface area contributed by atoms with Gasteiger partial charge in [-0.25, -0.2) is 4.98 Å². The quantitative estimate of drug-likeness (QED) is 0.871. The molecule has 5 heteroatoms. The van der Waals surface area contributed by atoms with Crippen molar-refractivity contribution in [2.45, 2.75) is 39.4 Å². The van der Waals surface area contributed by atoms with Crippen LogP contribution in [0.2, 0.25) is 0 Å². The number of nitrogens with zero attached hydrogens (tertiary/aromatic N) is 1. The van der Waals surface area contributed by atoms with Gasteiger partial charge in [-0.1, -0.05) is 26.8 Å². The van der Waals surface area contributed by atoms with Crippen molar-refractivity contribution in [2.24, 2.45) is 11.1 Å². The van der Waals surface area contributed by atoms with Crippen LogP contribution in [-0.4, -0.2) is 11.0 Å². The molecule has 0 radical (unpaired) electrons. The molecule has 0 saturated heterocycles. The van der Waals surface area contributed by atoms with Crippen LogP contribution in [0.15, 0.2) is 18.2 Å². The molecule has 17 heavy (non-hydrogen) atoms. The van der Waals surface area contributed by atoms with E-state index in [0.717, 1.165) is 6.07 Å². The Balaban J connectivity index is 2.87. The summed E-state index contributed by atoms with van der Waals surface area (Å²) in [7, 11) is 0. The molecule has 0 fully saturated rings. The molecule has 0 aliphatic heterocycles. The Labute approximate surface area is 99.0 Å². The Morgan fingerprint density at radius 2 is 1.82 bits per heavy atom. The number of aromatic nitrogens is 1. The van der Waals surface area contributed by atoms with Gasteiger partial charge in [-0.3, -0.25) is 0 Å². The van der Waals surface area contributed by atoms with Crippen LogP contribution in [0.5, 0.6) is 0 Å². The standard InChI is InChI=1S/C12H17F3N2/c1-11(2,3)9(16)7-8-5-4-6-10(17-8)12(13,14)15/h4-6,9H,7,16H2,1-3H3. The number of nitrogens with two attached hydrogens (primary N) is 1. The van der Waals surface area contributed by atoms with Gasteiger partial charge in [-0.2, -0.15) is 13.2 Å². The predicted molar refractivity (Wildman–Crippen MR) is 60.4 cm³/mol. The molecule has 1 aromatic heterocycles. The maximum Gasteiger partial charge on any atom is 0.433 e. The topological polar surface area (TPSA) is 38.9 Å². The predicted octanol–water partition coefficient (Wildman–Crippen LogP) is 3.02. The van der Waals surface area contributed by atoms with E-state index >= 15 is 0 Å². The van der Waals surface area contributed by atoms with E-state index in [1.54, 1.807) is 6.07 Å². The van der Waals surface area contributed by atoms with E-state index in [9.17, 15) is 13.2 Å². The van der Waals surface area contributed by atoms with E-state index < -0.39 is 11.9 Å². The molecular formula is C12H17F3N2. The third kappa shape index (κ3) is 4.00. The van der Waals surface area contributed by atoms with E-state index in [1.165, 1.54) is 6.07 Å². The first-order valence-corrected chi connectivity index (χ1v) is 5.39. The summed E-state index contributed by atoms with van der Waals surface area (Å²) in [5, 5.41) is 0. The lowest BCUT2D eigenvalue weighted by atomic mass is 9.85. The number of rotatable bonds is 2. The summed E-state index contributed by atoms with van der Waals surface area (Å²) in [5.41, 5.74) is 5.28. The van der Waals surface area contributed by atoms with Gasteiger partial charge in [0.15, 0.2) is 0 Å². The minimum absolute atomic E-state index is 0.157. The van der Waals surface area contributed by atoms with Gasteiger partial charge in [-0.15, -0.1) is 0 Å². The molecule has 96 valence electrons. The molecule has 0 aromatic carbocycles. The monoisotopic (exact) mass is 246 g/mol. The molecule has 2 N–H and O–H groups in total. The molecule has 0 spiro atoms. The molecule has 0 aliphatic rings. The molecule has 1 heterocycles. The van der Waals surface area contributed by atoms with Crippen LogP contribution >= 0.6 is 0 Å². The Kier molecular flexibility index (Phi) is 3.81. The van der Waals surface area contributed by atoms with E-state index in [4.69, 9.17) is 5.73 Å². The Hall–Kier alpha value is -1.10. The lowest BCUT2D eigenvalue weighted by Gasteiger charge is -2.26. The summed E-state index contributed by atoms with van der Waals surface area (Å²) < 4.78 is 37.3. The molecule has 2 nitrogen and oxygen atoms in total. The van der Waals surface area contributed by atoms with Gasteiger partial charge >= 0.3 is 6.18 Å². The van der Waals surface area contributed by atoms with E-state index in [-0.39, 0.29) is 11.5 Å². The van der Waals surface area contributed by atoms with E-state index in [1.807, 2.05) is 20.8 Å². The maximum absolute atomic E-state index is 12.4. The van der Waals surface area contributed by atoms with Crippen molar-refractivity contribution in [1.82, 2.24) is 4.98 Å². The zero-order valence-electron chi connectivity index (χ0n) is 10.2. The molecular weight excluding hydrogens is 229 g/mol. The van der Waals surface area contributed by atoms with Gasteiger partial charge < -0.3 is 5.73 Å². The van der Waals surface area contributed by atoms with Crippen molar-refractivity contribution >= 4 is 0 Å². The SMILES string of the molecule is CC(C)(C)C(N)Cc1cccc(C(F)(F)F)n1. The van der Waals surface area contributed by atoms with Gasteiger partial charge in [0.2, 0.25) is 0 Å². The molecule has 0 aliphatic carbocycles. The summed E-state index contributed by atoms with van der Waals surface area (Å²) >= 11 is 0. The lowest BCUT2D eigenvalue weighted by molar-refractivity contribution is -0.141. The van der Waals surface area contributed by atoms with Crippen LogP contribution in [0.25, 0.3) is 0 Å². The van der Waals surface area contributed by atoms with Crippen molar-refractivity contribution in [1.29, 1.82) is 0 Å².